The molecule has 0 aromatic heterocycles. The van der Waals surface area contributed by atoms with Crippen LogP contribution in [0.5, 0.6) is 5.75 Å². The van der Waals surface area contributed by atoms with Gasteiger partial charge in [0.15, 0.2) is 0 Å². The van der Waals surface area contributed by atoms with E-state index in [1.807, 2.05) is 6.07 Å². The van der Waals surface area contributed by atoms with Crippen molar-refractivity contribution in [2.24, 2.45) is 0 Å². The third-order valence-corrected chi connectivity index (χ3v) is 7.09. The topological polar surface area (TPSA) is 73.9 Å². The van der Waals surface area contributed by atoms with Crippen molar-refractivity contribution in [3.8, 4) is 40.1 Å². The lowest BCUT2D eigenvalue weighted by molar-refractivity contribution is -0.107. The van der Waals surface area contributed by atoms with Crippen molar-refractivity contribution in [3.63, 3.8) is 0 Å². The van der Waals surface area contributed by atoms with E-state index >= 15 is 0 Å². The maximum Gasteiger partial charge on any atom is 0.119 e. The summed E-state index contributed by atoms with van der Waals surface area (Å²) in [6.45, 7) is 0.640. The van der Waals surface area contributed by atoms with Gasteiger partial charge in [0, 0.05) is 6.42 Å². The van der Waals surface area contributed by atoms with Crippen LogP contribution in [0.15, 0.2) is 42.5 Å². The van der Waals surface area contributed by atoms with Crippen LogP contribution < -0.4 is 4.74 Å². The number of nitriles is 2. The van der Waals surface area contributed by atoms with Gasteiger partial charge < -0.3 is 9.53 Å². The summed E-state index contributed by atoms with van der Waals surface area (Å²) < 4.78 is 6.01. The average Bonchev–Trinajstić information content (AvgIpc) is 2.88. The highest BCUT2D eigenvalue weighted by Gasteiger charge is 2.31. The van der Waals surface area contributed by atoms with Gasteiger partial charge in [0.25, 0.3) is 0 Å². The van der Waals surface area contributed by atoms with Crippen molar-refractivity contribution >= 4 is 6.29 Å². The fraction of sp³-hybridized carbons (Fsp3) is 0.300. The minimum absolute atomic E-state index is 0.553. The fourth-order valence-electron chi connectivity index (χ4n) is 5.50. The van der Waals surface area contributed by atoms with Crippen LogP contribution in [0.2, 0.25) is 0 Å². The number of unbranched alkanes of at least 4 members (excludes halogenated alkanes) is 3. The van der Waals surface area contributed by atoms with Crippen molar-refractivity contribution in [1.82, 2.24) is 0 Å². The van der Waals surface area contributed by atoms with E-state index < -0.39 is 0 Å². The summed E-state index contributed by atoms with van der Waals surface area (Å²) in [5, 5.41) is 20.0. The first-order chi connectivity index (χ1) is 16.8. The van der Waals surface area contributed by atoms with Crippen LogP contribution in [0, 0.1) is 22.7 Å². The second-order valence-corrected chi connectivity index (χ2v) is 9.02. The molecule has 4 nitrogen and oxygen atoms in total. The molecule has 0 spiro atoms. The Morgan fingerprint density at radius 2 is 1.47 bits per heavy atom. The number of hydrogen-bond acceptors (Lipinski definition) is 4. The summed E-state index contributed by atoms with van der Waals surface area (Å²) in [4.78, 5) is 10.5. The number of aldehydes is 1. The average molecular weight is 447 g/mol. The van der Waals surface area contributed by atoms with E-state index in [0.717, 1.165) is 84.8 Å². The van der Waals surface area contributed by atoms with Crippen LogP contribution in [-0.2, 0) is 30.5 Å². The first kappa shape index (κ1) is 21.9. The van der Waals surface area contributed by atoms with Crippen LogP contribution in [0.4, 0.5) is 0 Å². The van der Waals surface area contributed by atoms with Gasteiger partial charge in [-0.25, -0.2) is 0 Å². The van der Waals surface area contributed by atoms with Gasteiger partial charge >= 0.3 is 0 Å². The third-order valence-electron chi connectivity index (χ3n) is 7.09. The lowest BCUT2D eigenvalue weighted by atomic mass is 9.72. The number of ether oxygens (including phenoxy) is 1. The van der Waals surface area contributed by atoms with Crippen molar-refractivity contribution in [1.29, 1.82) is 10.5 Å². The number of aryl methyl sites for hydroxylation is 2. The minimum atomic E-state index is 0.553. The highest BCUT2D eigenvalue weighted by Crippen LogP contribution is 2.49. The quantitative estimate of drug-likeness (QED) is 0.325. The molecule has 0 N–H and O–H groups in total. The molecule has 2 aliphatic rings. The summed E-state index contributed by atoms with van der Waals surface area (Å²) in [6.07, 6.45) is 7.63. The van der Waals surface area contributed by atoms with Gasteiger partial charge in [-0.2, -0.15) is 10.5 Å². The molecule has 34 heavy (non-hydrogen) atoms. The molecule has 168 valence electrons. The van der Waals surface area contributed by atoms with Gasteiger partial charge in [-0.1, -0.05) is 30.3 Å². The SMILES string of the molecule is N#Cc1c(C#N)c2c(c3c1CCc1ccccc1-3)-c1ccc(OCCCCCC=O)cc1CC2. The van der Waals surface area contributed by atoms with Crippen molar-refractivity contribution in [2.45, 2.75) is 51.4 Å². The Morgan fingerprint density at radius 1 is 0.794 bits per heavy atom. The molecule has 0 fully saturated rings. The molecule has 0 saturated heterocycles. The second-order valence-electron chi connectivity index (χ2n) is 9.02. The Hall–Kier alpha value is -3.89. The third kappa shape index (κ3) is 3.76. The summed E-state index contributed by atoms with van der Waals surface area (Å²) in [5.41, 5.74) is 10.2. The number of hydrogen-bond donors (Lipinski definition) is 0. The van der Waals surface area contributed by atoms with E-state index in [9.17, 15) is 15.3 Å². The van der Waals surface area contributed by atoms with E-state index in [0.29, 0.717) is 24.2 Å². The summed E-state index contributed by atoms with van der Waals surface area (Å²) >= 11 is 0. The van der Waals surface area contributed by atoms with Gasteiger partial charge in [0.2, 0.25) is 0 Å². The van der Waals surface area contributed by atoms with E-state index in [2.05, 4.69) is 48.5 Å². The van der Waals surface area contributed by atoms with E-state index in [-0.39, 0.29) is 0 Å². The Labute approximate surface area is 200 Å². The minimum Gasteiger partial charge on any atom is -0.494 e. The number of carbonyl (C=O) groups excluding carboxylic acids is 1. The van der Waals surface area contributed by atoms with Crippen LogP contribution >= 0.6 is 0 Å². The molecule has 0 aliphatic heterocycles. The highest BCUT2D eigenvalue weighted by molar-refractivity contribution is 5.95. The molecule has 0 saturated carbocycles. The maximum atomic E-state index is 10.5. The molecule has 3 aromatic carbocycles. The van der Waals surface area contributed by atoms with Gasteiger partial charge in [-0.05, 0) is 102 Å². The smallest absolute Gasteiger partial charge is 0.119 e. The summed E-state index contributed by atoms with van der Waals surface area (Å²) in [5.74, 6) is 0.862. The molecule has 0 atom stereocenters. The van der Waals surface area contributed by atoms with Gasteiger partial charge in [0.1, 0.15) is 24.2 Å². The van der Waals surface area contributed by atoms with Crippen LogP contribution in [0.1, 0.15) is 59.1 Å². The molecule has 0 bridgehead atoms. The molecule has 5 rings (SSSR count). The van der Waals surface area contributed by atoms with Gasteiger partial charge in [-0.15, -0.1) is 0 Å². The predicted molar refractivity (Wildman–Crippen MR) is 132 cm³/mol. The maximum absolute atomic E-state index is 10.5. The van der Waals surface area contributed by atoms with Crippen LogP contribution in [0.3, 0.4) is 0 Å². The molecule has 4 heteroatoms. The molecular formula is C30H26N2O2. The Balaban J connectivity index is 1.58. The monoisotopic (exact) mass is 446 g/mol. The number of rotatable bonds is 7. The van der Waals surface area contributed by atoms with E-state index in [1.165, 1.54) is 16.7 Å². The van der Waals surface area contributed by atoms with Crippen molar-refractivity contribution in [3.05, 3.63) is 75.8 Å². The lowest BCUT2D eigenvalue weighted by Crippen LogP contribution is -2.15. The molecule has 0 amide bonds. The van der Waals surface area contributed by atoms with E-state index in [1.54, 1.807) is 0 Å². The van der Waals surface area contributed by atoms with Crippen molar-refractivity contribution < 1.29 is 9.53 Å². The van der Waals surface area contributed by atoms with Gasteiger partial charge in [0.05, 0.1) is 17.7 Å². The summed E-state index contributed by atoms with van der Waals surface area (Å²) in [7, 11) is 0. The number of nitrogens with zero attached hydrogens (tertiary/aromatic N) is 2. The standard InChI is InChI=1S/C30H26N2O2/c31-18-27-25-12-9-20-7-3-4-8-23(20)29(25)30-24-14-11-22(34-16-6-2-1-5-15-33)17-21(24)10-13-26(30)28(27)19-32/h3-4,7-8,11,14-15,17H,1-2,5-6,9-10,12-13,16H2. The first-order valence-corrected chi connectivity index (χ1v) is 12.1. The van der Waals surface area contributed by atoms with Gasteiger partial charge in [-0.3, -0.25) is 0 Å². The number of benzene rings is 3. The Bertz CT molecular complexity index is 1360. The normalized spacial score (nSPS) is 12.9. The largest absolute Gasteiger partial charge is 0.494 e. The Kier molecular flexibility index (Phi) is 6.15. The molecule has 0 radical (unpaired) electrons. The summed E-state index contributed by atoms with van der Waals surface area (Å²) in [6, 6.07) is 19.5. The second kappa shape index (κ2) is 9.54. The zero-order valence-corrected chi connectivity index (χ0v) is 19.2. The molecular weight excluding hydrogens is 420 g/mol. The molecule has 0 heterocycles. The number of fused-ring (bicyclic) bond motifs is 7. The zero-order valence-electron chi connectivity index (χ0n) is 19.2. The fourth-order valence-corrected chi connectivity index (χ4v) is 5.50. The first-order valence-electron chi connectivity index (χ1n) is 12.1. The molecule has 3 aromatic rings. The molecule has 0 unspecified atom stereocenters. The lowest BCUT2D eigenvalue weighted by Gasteiger charge is -2.30. The van der Waals surface area contributed by atoms with Crippen molar-refractivity contribution in [2.75, 3.05) is 6.61 Å². The van der Waals surface area contributed by atoms with Crippen LogP contribution in [-0.4, -0.2) is 12.9 Å². The zero-order chi connectivity index (χ0) is 23.5. The number of carbonyl (C=O) groups is 1. The van der Waals surface area contributed by atoms with E-state index in [4.69, 9.17) is 4.74 Å². The predicted octanol–water partition coefficient (Wildman–Crippen LogP) is 6.10. The Morgan fingerprint density at radius 3 is 2.18 bits per heavy atom. The van der Waals surface area contributed by atoms with Crippen LogP contribution in [0.25, 0.3) is 22.3 Å². The highest BCUT2D eigenvalue weighted by atomic mass is 16.5. The molecule has 2 aliphatic carbocycles.